The summed E-state index contributed by atoms with van der Waals surface area (Å²) in [5, 5.41) is 3.06. The Balaban J connectivity index is 2.08. The number of anilines is 1. The van der Waals surface area contributed by atoms with Crippen molar-refractivity contribution in [3.05, 3.63) is 18.3 Å². The third kappa shape index (κ3) is 2.01. The van der Waals surface area contributed by atoms with Gasteiger partial charge >= 0.3 is 5.97 Å². The molecule has 15 heavy (non-hydrogen) atoms. The summed E-state index contributed by atoms with van der Waals surface area (Å²) in [6, 6.07) is 3.66. The molecule has 0 fully saturated rings. The van der Waals surface area contributed by atoms with Gasteiger partial charge in [0.2, 0.25) is 12.0 Å². The number of carbonyl (C=O) groups is 1. The first-order chi connectivity index (χ1) is 7.31. The first-order valence-corrected chi connectivity index (χ1v) is 4.83. The van der Waals surface area contributed by atoms with Gasteiger partial charge in [0.15, 0.2) is 0 Å². The van der Waals surface area contributed by atoms with Crippen LogP contribution in [-0.4, -0.2) is 30.2 Å². The van der Waals surface area contributed by atoms with Crippen LogP contribution in [0.5, 0.6) is 5.88 Å². The van der Waals surface area contributed by atoms with E-state index >= 15 is 0 Å². The average molecular weight is 208 g/mol. The topological polar surface area (TPSA) is 60.5 Å². The standard InChI is InChI=1S/C10H12N2O3/c1-2-14-10(13)8-6-12-7-4-3-5-11-9(7)15-8/h3-5,8,12H,2,6H2,1H3. The van der Waals surface area contributed by atoms with Gasteiger partial charge in [-0.15, -0.1) is 0 Å². The molecule has 0 amide bonds. The fourth-order valence-corrected chi connectivity index (χ4v) is 1.36. The van der Waals surface area contributed by atoms with Crippen LogP contribution in [0.4, 0.5) is 5.69 Å². The number of nitrogens with one attached hydrogen (secondary N) is 1. The van der Waals surface area contributed by atoms with Crippen LogP contribution in [0.25, 0.3) is 0 Å². The summed E-state index contributed by atoms with van der Waals surface area (Å²) in [5.41, 5.74) is 0.804. The predicted octanol–water partition coefficient (Wildman–Crippen LogP) is 0.818. The molecular weight excluding hydrogens is 196 g/mol. The zero-order valence-corrected chi connectivity index (χ0v) is 8.40. The Morgan fingerprint density at radius 2 is 2.67 bits per heavy atom. The molecule has 0 saturated heterocycles. The van der Waals surface area contributed by atoms with Crippen molar-refractivity contribution >= 4 is 11.7 Å². The van der Waals surface area contributed by atoms with E-state index in [1.165, 1.54) is 0 Å². The number of aromatic nitrogens is 1. The van der Waals surface area contributed by atoms with Gasteiger partial charge in [-0.25, -0.2) is 9.78 Å². The van der Waals surface area contributed by atoms with Crippen molar-refractivity contribution < 1.29 is 14.3 Å². The van der Waals surface area contributed by atoms with E-state index in [1.807, 2.05) is 6.07 Å². The molecular formula is C10H12N2O3. The molecule has 0 bridgehead atoms. The number of carbonyl (C=O) groups excluding carboxylic acids is 1. The summed E-state index contributed by atoms with van der Waals surface area (Å²) < 4.78 is 10.3. The smallest absolute Gasteiger partial charge is 0.349 e. The number of ether oxygens (including phenoxy) is 2. The second kappa shape index (κ2) is 4.16. The van der Waals surface area contributed by atoms with E-state index < -0.39 is 6.10 Å². The van der Waals surface area contributed by atoms with E-state index in [0.29, 0.717) is 19.0 Å². The van der Waals surface area contributed by atoms with E-state index in [1.54, 1.807) is 19.2 Å². The molecule has 1 unspecified atom stereocenters. The fraction of sp³-hybridized carbons (Fsp3) is 0.400. The average Bonchev–Trinajstić information content (AvgIpc) is 2.29. The molecule has 0 radical (unpaired) electrons. The number of rotatable bonds is 2. The molecule has 0 spiro atoms. The monoisotopic (exact) mass is 208 g/mol. The number of hydrogen-bond donors (Lipinski definition) is 1. The van der Waals surface area contributed by atoms with Crippen LogP contribution in [0.2, 0.25) is 0 Å². The van der Waals surface area contributed by atoms with E-state index in [-0.39, 0.29) is 5.97 Å². The summed E-state index contributed by atoms with van der Waals surface area (Å²) in [4.78, 5) is 15.4. The maximum Gasteiger partial charge on any atom is 0.349 e. The Morgan fingerprint density at radius 3 is 3.47 bits per heavy atom. The summed E-state index contributed by atoms with van der Waals surface area (Å²) in [5.74, 6) is 0.0862. The number of pyridine rings is 1. The molecule has 1 atom stereocenters. The molecule has 80 valence electrons. The van der Waals surface area contributed by atoms with Crippen LogP contribution in [0, 0.1) is 0 Å². The lowest BCUT2D eigenvalue weighted by atomic mass is 10.3. The van der Waals surface area contributed by atoms with E-state index in [0.717, 1.165) is 5.69 Å². The van der Waals surface area contributed by atoms with Crippen molar-refractivity contribution in [2.75, 3.05) is 18.5 Å². The lowest BCUT2D eigenvalue weighted by molar-refractivity contribution is -0.151. The summed E-state index contributed by atoms with van der Waals surface area (Å²) in [6.45, 7) is 2.53. The maximum atomic E-state index is 11.4. The second-order valence-corrected chi connectivity index (χ2v) is 3.10. The highest BCUT2D eigenvalue weighted by molar-refractivity contribution is 5.77. The van der Waals surface area contributed by atoms with Crippen LogP contribution in [0.15, 0.2) is 18.3 Å². The van der Waals surface area contributed by atoms with Gasteiger partial charge in [0.1, 0.15) is 0 Å². The first-order valence-electron chi connectivity index (χ1n) is 4.83. The number of nitrogens with zero attached hydrogens (tertiary/aromatic N) is 1. The Labute approximate surface area is 87.4 Å². The highest BCUT2D eigenvalue weighted by Crippen LogP contribution is 2.25. The van der Waals surface area contributed by atoms with Crippen molar-refractivity contribution in [2.45, 2.75) is 13.0 Å². The van der Waals surface area contributed by atoms with Crippen molar-refractivity contribution in [3.63, 3.8) is 0 Å². The minimum Gasteiger partial charge on any atom is -0.463 e. The van der Waals surface area contributed by atoms with E-state index in [2.05, 4.69) is 10.3 Å². The molecule has 0 saturated carbocycles. The lowest BCUT2D eigenvalue weighted by Crippen LogP contribution is -2.39. The number of fused-ring (bicyclic) bond motifs is 1. The van der Waals surface area contributed by atoms with Gasteiger partial charge in [0, 0.05) is 6.20 Å². The van der Waals surface area contributed by atoms with Crippen LogP contribution in [-0.2, 0) is 9.53 Å². The van der Waals surface area contributed by atoms with Crippen LogP contribution >= 0.6 is 0 Å². The zero-order valence-electron chi connectivity index (χ0n) is 8.40. The molecule has 1 aromatic heterocycles. The highest BCUT2D eigenvalue weighted by Gasteiger charge is 2.27. The summed E-state index contributed by atoms with van der Waals surface area (Å²) in [7, 11) is 0. The summed E-state index contributed by atoms with van der Waals surface area (Å²) >= 11 is 0. The minimum absolute atomic E-state index is 0.355. The highest BCUT2D eigenvalue weighted by atomic mass is 16.6. The zero-order chi connectivity index (χ0) is 10.7. The molecule has 1 aromatic rings. The Hall–Kier alpha value is -1.78. The molecule has 5 heteroatoms. The van der Waals surface area contributed by atoms with Crippen molar-refractivity contribution in [1.29, 1.82) is 0 Å². The van der Waals surface area contributed by atoms with Gasteiger partial charge < -0.3 is 14.8 Å². The van der Waals surface area contributed by atoms with Gasteiger partial charge in [-0.1, -0.05) is 0 Å². The fourth-order valence-electron chi connectivity index (χ4n) is 1.36. The molecule has 1 aliphatic rings. The second-order valence-electron chi connectivity index (χ2n) is 3.10. The third-order valence-electron chi connectivity index (χ3n) is 2.05. The predicted molar refractivity (Wildman–Crippen MR) is 53.8 cm³/mol. The Kier molecular flexibility index (Phi) is 2.71. The van der Waals surface area contributed by atoms with E-state index in [4.69, 9.17) is 9.47 Å². The lowest BCUT2D eigenvalue weighted by Gasteiger charge is -2.24. The van der Waals surface area contributed by atoms with Crippen molar-refractivity contribution in [3.8, 4) is 5.88 Å². The van der Waals surface area contributed by atoms with Gasteiger partial charge in [-0.05, 0) is 19.1 Å². The molecule has 2 rings (SSSR count). The molecule has 2 heterocycles. The number of esters is 1. The van der Waals surface area contributed by atoms with Crippen molar-refractivity contribution in [1.82, 2.24) is 4.98 Å². The Bertz CT molecular complexity index is 367. The van der Waals surface area contributed by atoms with Crippen LogP contribution in [0.3, 0.4) is 0 Å². The molecule has 0 aromatic carbocycles. The summed E-state index contributed by atoms with van der Waals surface area (Å²) in [6.07, 6.45) is 1.01. The van der Waals surface area contributed by atoms with Gasteiger partial charge in [-0.3, -0.25) is 0 Å². The third-order valence-corrected chi connectivity index (χ3v) is 2.05. The molecule has 0 aliphatic carbocycles. The maximum absolute atomic E-state index is 11.4. The molecule has 1 N–H and O–H groups in total. The number of hydrogen-bond acceptors (Lipinski definition) is 5. The van der Waals surface area contributed by atoms with Crippen molar-refractivity contribution in [2.24, 2.45) is 0 Å². The molecule has 5 nitrogen and oxygen atoms in total. The Morgan fingerprint density at radius 1 is 1.80 bits per heavy atom. The molecule has 1 aliphatic heterocycles. The SMILES string of the molecule is CCOC(=O)C1CNc2cccnc2O1. The minimum atomic E-state index is -0.604. The quantitative estimate of drug-likeness (QED) is 0.729. The van der Waals surface area contributed by atoms with Crippen LogP contribution < -0.4 is 10.1 Å². The van der Waals surface area contributed by atoms with Gasteiger partial charge in [-0.2, -0.15) is 0 Å². The van der Waals surface area contributed by atoms with Gasteiger partial charge in [0.25, 0.3) is 0 Å². The normalized spacial score (nSPS) is 18.3. The van der Waals surface area contributed by atoms with Crippen LogP contribution in [0.1, 0.15) is 6.92 Å². The van der Waals surface area contributed by atoms with E-state index in [9.17, 15) is 4.79 Å². The first kappa shape index (κ1) is 9.76. The largest absolute Gasteiger partial charge is 0.463 e. The van der Waals surface area contributed by atoms with Gasteiger partial charge in [0.05, 0.1) is 18.8 Å².